The van der Waals surface area contributed by atoms with Crippen molar-refractivity contribution in [3.63, 3.8) is 0 Å². The molecule has 2 rings (SSSR count). The van der Waals surface area contributed by atoms with Gasteiger partial charge in [-0.25, -0.2) is 0 Å². The van der Waals surface area contributed by atoms with Crippen LogP contribution >= 0.6 is 0 Å². The molecule has 15 heavy (non-hydrogen) atoms. The Labute approximate surface area is 88.7 Å². The highest BCUT2D eigenvalue weighted by Crippen LogP contribution is 2.19. The summed E-state index contributed by atoms with van der Waals surface area (Å²) in [5.41, 5.74) is 6.86. The van der Waals surface area contributed by atoms with E-state index in [-0.39, 0.29) is 6.04 Å². The lowest BCUT2D eigenvalue weighted by atomic mass is 10.2. The summed E-state index contributed by atoms with van der Waals surface area (Å²) in [6, 6.07) is 3.88. The second-order valence-electron chi connectivity index (χ2n) is 3.70. The Morgan fingerprint density at radius 1 is 1.47 bits per heavy atom. The highest BCUT2D eigenvalue weighted by molar-refractivity contribution is 5.12. The van der Waals surface area contributed by atoms with E-state index in [2.05, 4.69) is 5.10 Å². The first kappa shape index (κ1) is 9.98. The summed E-state index contributed by atoms with van der Waals surface area (Å²) >= 11 is 0. The summed E-state index contributed by atoms with van der Waals surface area (Å²) in [5, 5.41) is 4.25. The molecule has 1 unspecified atom stereocenters. The molecule has 0 bridgehead atoms. The normalized spacial score (nSPS) is 13.0. The Morgan fingerprint density at radius 3 is 2.73 bits per heavy atom. The molecule has 80 valence electrons. The van der Waals surface area contributed by atoms with Crippen LogP contribution in [0.5, 0.6) is 0 Å². The number of nitrogens with two attached hydrogens (primary N) is 1. The first-order chi connectivity index (χ1) is 7.20. The molecule has 2 N–H and O–H groups in total. The van der Waals surface area contributed by atoms with E-state index in [0.29, 0.717) is 6.54 Å². The van der Waals surface area contributed by atoms with Crippen molar-refractivity contribution in [2.75, 3.05) is 6.54 Å². The van der Waals surface area contributed by atoms with Gasteiger partial charge in [0, 0.05) is 12.7 Å². The minimum Gasteiger partial charge on any atom is -0.464 e. The molecule has 0 fully saturated rings. The van der Waals surface area contributed by atoms with Crippen molar-refractivity contribution >= 4 is 0 Å². The van der Waals surface area contributed by atoms with Gasteiger partial charge >= 0.3 is 0 Å². The van der Waals surface area contributed by atoms with Crippen molar-refractivity contribution in [1.82, 2.24) is 9.78 Å². The molecule has 0 saturated heterocycles. The third-order valence-corrected chi connectivity index (χ3v) is 2.36. The third kappa shape index (κ3) is 1.94. The Morgan fingerprint density at radius 2 is 2.27 bits per heavy atom. The number of nitrogens with zero attached hydrogens (tertiary/aromatic N) is 2. The van der Waals surface area contributed by atoms with Crippen LogP contribution in [0.1, 0.15) is 23.1 Å². The molecule has 0 spiro atoms. The highest BCUT2D eigenvalue weighted by Gasteiger charge is 2.15. The molecule has 4 nitrogen and oxygen atoms in total. The Hall–Kier alpha value is -1.55. The molecule has 0 aliphatic carbocycles. The van der Waals surface area contributed by atoms with Gasteiger partial charge in [-0.1, -0.05) is 0 Å². The molecular formula is C11H15N3O. The van der Waals surface area contributed by atoms with Crippen molar-refractivity contribution in [3.8, 4) is 0 Å². The lowest BCUT2D eigenvalue weighted by Crippen LogP contribution is -2.20. The van der Waals surface area contributed by atoms with Gasteiger partial charge in [-0.3, -0.25) is 4.68 Å². The van der Waals surface area contributed by atoms with Crippen LogP contribution in [0.4, 0.5) is 0 Å². The largest absolute Gasteiger partial charge is 0.464 e. The van der Waals surface area contributed by atoms with E-state index >= 15 is 0 Å². The average Bonchev–Trinajstić information content (AvgIpc) is 2.78. The maximum Gasteiger partial charge on any atom is 0.130 e. The molecule has 2 heterocycles. The summed E-state index contributed by atoms with van der Waals surface area (Å²) < 4.78 is 7.40. The topological polar surface area (TPSA) is 57.0 Å². The molecule has 0 aliphatic rings. The van der Waals surface area contributed by atoms with Crippen molar-refractivity contribution in [1.29, 1.82) is 0 Å². The van der Waals surface area contributed by atoms with Crippen LogP contribution < -0.4 is 5.73 Å². The lowest BCUT2D eigenvalue weighted by molar-refractivity contribution is 0.398. The fraction of sp³-hybridized carbons (Fsp3) is 0.364. The summed E-state index contributed by atoms with van der Waals surface area (Å²) in [7, 11) is 0. The molecule has 0 amide bonds. The van der Waals surface area contributed by atoms with E-state index in [0.717, 1.165) is 17.1 Å². The van der Waals surface area contributed by atoms with E-state index in [1.165, 1.54) is 0 Å². The lowest BCUT2D eigenvalue weighted by Gasteiger charge is -2.12. The number of aromatic nitrogens is 2. The minimum absolute atomic E-state index is 0.00704. The quantitative estimate of drug-likeness (QED) is 0.828. The number of furan rings is 1. The third-order valence-electron chi connectivity index (χ3n) is 2.36. The first-order valence-electron chi connectivity index (χ1n) is 4.98. The van der Waals surface area contributed by atoms with Crippen molar-refractivity contribution in [2.45, 2.75) is 19.9 Å². The summed E-state index contributed by atoms with van der Waals surface area (Å²) in [6.45, 7) is 4.41. The SMILES string of the molecule is Cc1cnn(C(CN)c2ccc(C)o2)c1. The van der Waals surface area contributed by atoms with Gasteiger partial charge in [0.15, 0.2) is 0 Å². The molecule has 1 atom stereocenters. The summed E-state index contributed by atoms with van der Waals surface area (Å²) in [4.78, 5) is 0. The predicted octanol–water partition coefficient (Wildman–Crippen LogP) is 1.64. The molecule has 2 aromatic heterocycles. The fourth-order valence-corrected chi connectivity index (χ4v) is 1.59. The van der Waals surface area contributed by atoms with Crippen LogP contribution in [0.2, 0.25) is 0 Å². The van der Waals surface area contributed by atoms with Gasteiger partial charge in [-0.05, 0) is 31.5 Å². The van der Waals surface area contributed by atoms with Crippen molar-refractivity contribution < 1.29 is 4.42 Å². The molecule has 0 saturated carbocycles. The van der Waals surface area contributed by atoms with Gasteiger partial charge < -0.3 is 10.2 Å². The van der Waals surface area contributed by atoms with E-state index in [1.54, 1.807) is 0 Å². The maximum absolute atomic E-state index is 5.73. The van der Waals surface area contributed by atoms with Gasteiger partial charge in [0.1, 0.15) is 17.6 Å². The van der Waals surface area contributed by atoms with Gasteiger partial charge in [0.25, 0.3) is 0 Å². The standard InChI is InChI=1S/C11H15N3O/c1-8-6-13-14(7-8)10(5-12)11-4-3-9(2)15-11/h3-4,6-7,10H,5,12H2,1-2H3. The van der Waals surface area contributed by atoms with Crippen LogP contribution in [0.3, 0.4) is 0 Å². The summed E-state index contributed by atoms with van der Waals surface area (Å²) in [6.07, 6.45) is 3.79. The number of rotatable bonds is 3. The van der Waals surface area contributed by atoms with E-state index < -0.39 is 0 Å². The summed E-state index contributed by atoms with van der Waals surface area (Å²) in [5.74, 6) is 1.76. The number of hydrogen-bond donors (Lipinski definition) is 1. The van der Waals surface area contributed by atoms with E-state index in [4.69, 9.17) is 10.2 Å². The average molecular weight is 205 g/mol. The zero-order chi connectivity index (χ0) is 10.8. The highest BCUT2D eigenvalue weighted by atomic mass is 16.3. The molecule has 4 heteroatoms. The van der Waals surface area contributed by atoms with Crippen molar-refractivity contribution in [2.24, 2.45) is 5.73 Å². The van der Waals surface area contributed by atoms with Gasteiger partial charge in [-0.15, -0.1) is 0 Å². The zero-order valence-corrected chi connectivity index (χ0v) is 8.97. The Bertz CT molecular complexity index is 404. The van der Waals surface area contributed by atoms with E-state index in [9.17, 15) is 0 Å². The molecule has 2 aromatic rings. The molecule has 0 radical (unpaired) electrons. The first-order valence-corrected chi connectivity index (χ1v) is 4.98. The smallest absolute Gasteiger partial charge is 0.130 e. The van der Waals surface area contributed by atoms with Gasteiger partial charge in [0.05, 0.1) is 6.20 Å². The predicted molar refractivity (Wildman–Crippen MR) is 57.6 cm³/mol. The van der Waals surface area contributed by atoms with Crippen LogP contribution in [-0.2, 0) is 0 Å². The molecule has 0 aromatic carbocycles. The Balaban J connectivity index is 2.32. The van der Waals surface area contributed by atoms with E-state index in [1.807, 2.05) is 43.1 Å². The molecule has 0 aliphatic heterocycles. The van der Waals surface area contributed by atoms with Crippen LogP contribution in [0, 0.1) is 13.8 Å². The maximum atomic E-state index is 5.73. The number of hydrogen-bond acceptors (Lipinski definition) is 3. The second kappa shape index (κ2) is 3.90. The fourth-order valence-electron chi connectivity index (χ4n) is 1.59. The van der Waals surface area contributed by atoms with Crippen molar-refractivity contribution in [3.05, 3.63) is 41.6 Å². The zero-order valence-electron chi connectivity index (χ0n) is 8.97. The monoisotopic (exact) mass is 205 g/mol. The van der Waals surface area contributed by atoms with Crippen LogP contribution in [-0.4, -0.2) is 16.3 Å². The Kier molecular flexibility index (Phi) is 2.60. The van der Waals surface area contributed by atoms with Gasteiger partial charge in [-0.2, -0.15) is 5.10 Å². The van der Waals surface area contributed by atoms with Crippen LogP contribution in [0.15, 0.2) is 28.9 Å². The minimum atomic E-state index is -0.00704. The number of aryl methyl sites for hydroxylation is 2. The molecular weight excluding hydrogens is 190 g/mol. The van der Waals surface area contributed by atoms with Gasteiger partial charge in [0.2, 0.25) is 0 Å². The second-order valence-corrected chi connectivity index (χ2v) is 3.70. The van der Waals surface area contributed by atoms with Crippen LogP contribution in [0.25, 0.3) is 0 Å².